The van der Waals surface area contributed by atoms with Gasteiger partial charge in [0.2, 0.25) is 5.76 Å². The van der Waals surface area contributed by atoms with Gasteiger partial charge in [0, 0.05) is 31.4 Å². The maximum absolute atomic E-state index is 12.0. The van der Waals surface area contributed by atoms with Gasteiger partial charge in [-0.25, -0.2) is 9.97 Å². The summed E-state index contributed by atoms with van der Waals surface area (Å²) >= 11 is 3.26. The Morgan fingerprint density at radius 2 is 2.25 bits per heavy atom. The molecule has 3 heterocycles. The standard InChI is InChI=1S/C12H11BrN4O3/c13-8-5-14-12(15-6-8)19-9-2-4-17(7-9)11(18)10-1-3-16-20-10/h1,3,5-6,9H,2,4,7H2/t9-/m1/s1. The molecule has 0 spiro atoms. The normalized spacial score (nSPS) is 18.2. The first kappa shape index (κ1) is 13.0. The molecular formula is C12H11BrN4O3. The molecule has 0 bridgehead atoms. The minimum Gasteiger partial charge on any atom is -0.458 e. The first-order valence-corrected chi connectivity index (χ1v) is 6.86. The number of nitrogens with zero attached hydrogens (tertiary/aromatic N) is 4. The zero-order valence-corrected chi connectivity index (χ0v) is 12.0. The van der Waals surface area contributed by atoms with Crippen molar-refractivity contribution in [3.63, 3.8) is 0 Å². The Morgan fingerprint density at radius 3 is 2.95 bits per heavy atom. The number of aromatic nitrogens is 3. The molecule has 1 amide bonds. The summed E-state index contributed by atoms with van der Waals surface area (Å²) < 4.78 is 11.3. The molecule has 2 aromatic heterocycles. The van der Waals surface area contributed by atoms with E-state index in [0.717, 1.165) is 10.9 Å². The second-order valence-electron chi connectivity index (χ2n) is 4.34. The van der Waals surface area contributed by atoms with E-state index in [-0.39, 0.29) is 17.8 Å². The highest BCUT2D eigenvalue weighted by Crippen LogP contribution is 2.18. The monoisotopic (exact) mass is 338 g/mol. The van der Waals surface area contributed by atoms with E-state index in [1.54, 1.807) is 23.4 Å². The van der Waals surface area contributed by atoms with Crippen LogP contribution in [0.3, 0.4) is 0 Å². The highest BCUT2D eigenvalue weighted by atomic mass is 79.9. The van der Waals surface area contributed by atoms with Gasteiger partial charge >= 0.3 is 6.01 Å². The van der Waals surface area contributed by atoms with Crippen LogP contribution in [0.15, 0.2) is 33.7 Å². The van der Waals surface area contributed by atoms with Gasteiger partial charge in [0.15, 0.2) is 0 Å². The SMILES string of the molecule is O=C(c1ccno1)N1CC[C@@H](Oc2ncc(Br)cn2)C1. The van der Waals surface area contributed by atoms with E-state index >= 15 is 0 Å². The minimum atomic E-state index is -0.176. The molecule has 0 aromatic carbocycles. The first-order valence-electron chi connectivity index (χ1n) is 6.06. The Balaban J connectivity index is 1.59. The van der Waals surface area contributed by atoms with Crippen molar-refractivity contribution < 1.29 is 14.1 Å². The third-order valence-corrected chi connectivity index (χ3v) is 3.36. The van der Waals surface area contributed by atoms with E-state index in [2.05, 4.69) is 31.1 Å². The van der Waals surface area contributed by atoms with Gasteiger partial charge in [-0.3, -0.25) is 4.79 Å². The molecule has 0 saturated carbocycles. The van der Waals surface area contributed by atoms with E-state index in [9.17, 15) is 4.79 Å². The molecule has 3 rings (SSSR count). The van der Waals surface area contributed by atoms with Crippen molar-refractivity contribution in [1.82, 2.24) is 20.0 Å². The van der Waals surface area contributed by atoms with Crippen LogP contribution in [0.1, 0.15) is 17.0 Å². The van der Waals surface area contributed by atoms with Gasteiger partial charge in [-0.1, -0.05) is 5.16 Å². The molecule has 0 aliphatic carbocycles. The Kier molecular flexibility index (Phi) is 3.64. The largest absolute Gasteiger partial charge is 0.458 e. The average molecular weight is 339 g/mol. The van der Waals surface area contributed by atoms with Crippen LogP contribution in [0.2, 0.25) is 0 Å². The van der Waals surface area contributed by atoms with Crippen LogP contribution in [0.5, 0.6) is 6.01 Å². The van der Waals surface area contributed by atoms with E-state index < -0.39 is 0 Å². The van der Waals surface area contributed by atoms with Gasteiger partial charge in [-0.2, -0.15) is 0 Å². The van der Waals surface area contributed by atoms with Crippen molar-refractivity contribution in [2.24, 2.45) is 0 Å². The average Bonchev–Trinajstić information content (AvgIpc) is 3.12. The lowest BCUT2D eigenvalue weighted by atomic mass is 10.3. The lowest BCUT2D eigenvalue weighted by Gasteiger charge is -2.14. The summed E-state index contributed by atoms with van der Waals surface area (Å²) in [6.07, 6.45) is 5.32. The fourth-order valence-electron chi connectivity index (χ4n) is 2.00. The summed E-state index contributed by atoms with van der Waals surface area (Å²) in [5.74, 6) is 0.0656. The number of amides is 1. The lowest BCUT2D eigenvalue weighted by molar-refractivity contribution is 0.0728. The third kappa shape index (κ3) is 2.79. The van der Waals surface area contributed by atoms with Crippen LogP contribution in [0, 0.1) is 0 Å². The molecule has 2 aromatic rings. The zero-order chi connectivity index (χ0) is 13.9. The third-order valence-electron chi connectivity index (χ3n) is 2.95. The van der Waals surface area contributed by atoms with Crippen LogP contribution in [0.4, 0.5) is 0 Å². The molecule has 104 valence electrons. The number of likely N-dealkylation sites (tertiary alicyclic amines) is 1. The number of rotatable bonds is 3. The minimum absolute atomic E-state index is 0.108. The molecule has 0 unspecified atom stereocenters. The van der Waals surface area contributed by atoms with Gasteiger partial charge in [-0.05, 0) is 15.9 Å². The number of carbonyl (C=O) groups excluding carboxylic acids is 1. The van der Waals surface area contributed by atoms with Crippen molar-refractivity contribution >= 4 is 21.8 Å². The number of ether oxygens (including phenoxy) is 1. The van der Waals surface area contributed by atoms with Crippen LogP contribution < -0.4 is 4.74 Å². The Bertz CT molecular complexity index is 587. The maximum Gasteiger partial charge on any atom is 0.316 e. The Morgan fingerprint density at radius 1 is 1.45 bits per heavy atom. The topological polar surface area (TPSA) is 81.4 Å². The van der Waals surface area contributed by atoms with Crippen LogP contribution in [0.25, 0.3) is 0 Å². The van der Waals surface area contributed by atoms with Gasteiger partial charge in [-0.15, -0.1) is 0 Å². The zero-order valence-electron chi connectivity index (χ0n) is 10.4. The summed E-state index contributed by atoms with van der Waals surface area (Å²) in [4.78, 5) is 21.8. The fourth-order valence-corrected chi connectivity index (χ4v) is 2.21. The number of halogens is 1. The predicted octanol–water partition coefficient (Wildman–Crippen LogP) is 1.52. The Labute approximate surface area is 123 Å². The fraction of sp³-hybridized carbons (Fsp3) is 0.333. The predicted molar refractivity (Wildman–Crippen MR) is 71.2 cm³/mol. The van der Waals surface area contributed by atoms with Crippen molar-refractivity contribution in [2.45, 2.75) is 12.5 Å². The highest BCUT2D eigenvalue weighted by Gasteiger charge is 2.30. The summed E-state index contributed by atoms with van der Waals surface area (Å²) in [5.41, 5.74) is 0. The van der Waals surface area contributed by atoms with E-state index in [0.29, 0.717) is 19.1 Å². The van der Waals surface area contributed by atoms with Crippen LogP contribution in [-0.2, 0) is 0 Å². The molecule has 1 aliphatic heterocycles. The van der Waals surface area contributed by atoms with Gasteiger partial charge in [0.25, 0.3) is 5.91 Å². The van der Waals surface area contributed by atoms with Gasteiger partial charge < -0.3 is 14.2 Å². The second-order valence-corrected chi connectivity index (χ2v) is 5.26. The molecule has 1 saturated heterocycles. The molecule has 0 radical (unpaired) electrons. The van der Waals surface area contributed by atoms with Gasteiger partial charge in [0.1, 0.15) is 6.10 Å². The van der Waals surface area contributed by atoms with E-state index in [1.807, 2.05) is 0 Å². The lowest BCUT2D eigenvalue weighted by Crippen LogP contribution is -2.30. The molecule has 1 fully saturated rings. The molecule has 1 aliphatic rings. The smallest absolute Gasteiger partial charge is 0.316 e. The maximum atomic E-state index is 12.0. The van der Waals surface area contributed by atoms with Crippen LogP contribution >= 0.6 is 15.9 Å². The van der Waals surface area contributed by atoms with E-state index in [1.165, 1.54) is 6.20 Å². The molecule has 8 heteroatoms. The summed E-state index contributed by atoms with van der Waals surface area (Å²) in [5, 5.41) is 3.53. The van der Waals surface area contributed by atoms with E-state index in [4.69, 9.17) is 9.26 Å². The van der Waals surface area contributed by atoms with Crippen molar-refractivity contribution in [3.8, 4) is 6.01 Å². The number of hydrogen-bond donors (Lipinski definition) is 0. The molecule has 7 nitrogen and oxygen atoms in total. The van der Waals surface area contributed by atoms with Crippen LogP contribution in [-0.4, -0.2) is 45.1 Å². The molecule has 20 heavy (non-hydrogen) atoms. The quantitative estimate of drug-likeness (QED) is 0.843. The summed E-state index contributed by atoms with van der Waals surface area (Å²) in [6, 6.07) is 1.86. The number of carbonyl (C=O) groups is 1. The molecule has 0 N–H and O–H groups in total. The highest BCUT2D eigenvalue weighted by molar-refractivity contribution is 9.10. The van der Waals surface area contributed by atoms with Crippen molar-refractivity contribution in [3.05, 3.63) is 34.9 Å². The molecule has 1 atom stereocenters. The summed E-state index contributed by atoms with van der Waals surface area (Å²) in [6.45, 7) is 1.10. The summed E-state index contributed by atoms with van der Waals surface area (Å²) in [7, 11) is 0. The second kappa shape index (κ2) is 5.58. The Hall–Kier alpha value is -1.96. The van der Waals surface area contributed by atoms with Gasteiger partial charge in [0.05, 0.1) is 17.2 Å². The van der Waals surface area contributed by atoms with Crippen molar-refractivity contribution in [2.75, 3.05) is 13.1 Å². The molecular weight excluding hydrogens is 328 g/mol. The van der Waals surface area contributed by atoms with Crippen molar-refractivity contribution in [1.29, 1.82) is 0 Å². The number of hydrogen-bond acceptors (Lipinski definition) is 6. The first-order chi connectivity index (χ1) is 9.72.